The molecule has 0 unspecified atom stereocenters. The zero-order chi connectivity index (χ0) is 11.4. The molecule has 2 N–H and O–H groups in total. The van der Waals surface area contributed by atoms with Crippen LogP contribution in [0.1, 0.15) is 5.56 Å². The van der Waals surface area contributed by atoms with Crippen molar-refractivity contribution < 1.29 is 4.79 Å². The number of rotatable bonds is 2. The minimum Gasteiger partial charge on any atom is -0.399 e. The van der Waals surface area contributed by atoms with E-state index in [4.69, 9.17) is 5.73 Å². The molecular formula is C12H16N2OS. The van der Waals surface area contributed by atoms with E-state index in [1.54, 1.807) is 0 Å². The van der Waals surface area contributed by atoms with Gasteiger partial charge in [0.05, 0.1) is 6.42 Å². The summed E-state index contributed by atoms with van der Waals surface area (Å²) in [6.07, 6.45) is 0.491. The number of nitrogen functional groups attached to an aromatic ring is 1. The lowest BCUT2D eigenvalue weighted by Gasteiger charge is -2.26. The fourth-order valence-corrected chi connectivity index (χ4v) is 2.64. The summed E-state index contributed by atoms with van der Waals surface area (Å²) in [5.41, 5.74) is 7.38. The molecule has 16 heavy (non-hydrogen) atoms. The van der Waals surface area contributed by atoms with E-state index in [0.717, 1.165) is 35.8 Å². The third-order valence-corrected chi connectivity index (χ3v) is 3.64. The predicted octanol–water partition coefficient (Wildman–Crippen LogP) is 1.39. The van der Waals surface area contributed by atoms with Crippen molar-refractivity contribution in [2.75, 3.05) is 30.3 Å². The van der Waals surface area contributed by atoms with Gasteiger partial charge in [0, 0.05) is 30.3 Å². The van der Waals surface area contributed by atoms with Crippen LogP contribution in [0.5, 0.6) is 0 Å². The maximum Gasteiger partial charge on any atom is 0.227 e. The van der Waals surface area contributed by atoms with E-state index in [2.05, 4.69) is 0 Å². The molecule has 1 aromatic carbocycles. The summed E-state index contributed by atoms with van der Waals surface area (Å²) in [6.45, 7) is 1.77. The van der Waals surface area contributed by atoms with Crippen LogP contribution in [-0.4, -0.2) is 35.4 Å². The first-order valence-electron chi connectivity index (χ1n) is 5.45. The molecule has 0 spiro atoms. The number of thioether (sulfide) groups is 1. The van der Waals surface area contributed by atoms with Gasteiger partial charge in [0.15, 0.2) is 0 Å². The number of nitrogens with zero attached hydrogens (tertiary/aromatic N) is 1. The van der Waals surface area contributed by atoms with Gasteiger partial charge in [-0.05, 0) is 17.7 Å². The number of benzene rings is 1. The van der Waals surface area contributed by atoms with Gasteiger partial charge in [0.25, 0.3) is 0 Å². The van der Waals surface area contributed by atoms with Gasteiger partial charge < -0.3 is 10.6 Å². The standard InChI is InChI=1S/C12H16N2OS/c13-11-3-1-10(2-4-11)9-12(15)14-5-7-16-8-6-14/h1-4H,5-9,13H2. The molecule has 0 saturated carbocycles. The Hall–Kier alpha value is -1.16. The van der Waals surface area contributed by atoms with Crippen molar-refractivity contribution in [1.29, 1.82) is 0 Å². The van der Waals surface area contributed by atoms with E-state index in [1.807, 2.05) is 40.9 Å². The van der Waals surface area contributed by atoms with Crippen LogP contribution < -0.4 is 5.73 Å². The number of carbonyl (C=O) groups excluding carboxylic acids is 1. The monoisotopic (exact) mass is 236 g/mol. The van der Waals surface area contributed by atoms with Gasteiger partial charge >= 0.3 is 0 Å². The average molecular weight is 236 g/mol. The first kappa shape index (κ1) is 11.3. The van der Waals surface area contributed by atoms with E-state index in [0.29, 0.717) is 6.42 Å². The Bertz CT molecular complexity index is 358. The highest BCUT2D eigenvalue weighted by Crippen LogP contribution is 2.12. The van der Waals surface area contributed by atoms with E-state index in [-0.39, 0.29) is 5.91 Å². The summed E-state index contributed by atoms with van der Waals surface area (Å²) in [6, 6.07) is 7.53. The van der Waals surface area contributed by atoms with Crippen molar-refractivity contribution in [3.63, 3.8) is 0 Å². The van der Waals surface area contributed by atoms with Crippen LogP contribution >= 0.6 is 11.8 Å². The molecular weight excluding hydrogens is 220 g/mol. The molecule has 0 radical (unpaired) electrons. The van der Waals surface area contributed by atoms with Crippen LogP contribution in [0.3, 0.4) is 0 Å². The van der Waals surface area contributed by atoms with Crippen LogP contribution in [0.2, 0.25) is 0 Å². The minimum atomic E-state index is 0.227. The number of carbonyl (C=O) groups is 1. The van der Waals surface area contributed by atoms with E-state index in [1.165, 1.54) is 0 Å². The Labute approximate surface area is 100.0 Å². The van der Waals surface area contributed by atoms with Crippen molar-refractivity contribution in [2.45, 2.75) is 6.42 Å². The SMILES string of the molecule is Nc1ccc(CC(=O)N2CCSCC2)cc1. The van der Waals surface area contributed by atoms with Crippen molar-refractivity contribution >= 4 is 23.4 Å². The molecule has 1 fully saturated rings. The molecule has 4 heteroatoms. The molecule has 1 aliphatic heterocycles. The van der Waals surface area contributed by atoms with Crippen molar-refractivity contribution in [3.8, 4) is 0 Å². The smallest absolute Gasteiger partial charge is 0.227 e. The summed E-state index contributed by atoms with van der Waals surface area (Å²) in [5.74, 6) is 2.35. The maximum absolute atomic E-state index is 11.9. The topological polar surface area (TPSA) is 46.3 Å². The highest BCUT2D eigenvalue weighted by molar-refractivity contribution is 7.99. The lowest BCUT2D eigenvalue weighted by atomic mass is 10.1. The Morgan fingerprint density at radius 2 is 1.88 bits per heavy atom. The fraction of sp³-hybridized carbons (Fsp3) is 0.417. The maximum atomic E-state index is 11.9. The van der Waals surface area contributed by atoms with Crippen LogP contribution in [0.4, 0.5) is 5.69 Å². The number of hydrogen-bond acceptors (Lipinski definition) is 3. The van der Waals surface area contributed by atoms with Gasteiger partial charge in [-0.15, -0.1) is 0 Å². The number of hydrogen-bond donors (Lipinski definition) is 1. The zero-order valence-electron chi connectivity index (χ0n) is 9.19. The van der Waals surface area contributed by atoms with Gasteiger partial charge in [-0.25, -0.2) is 0 Å². The van der Waals surface area contributed by atoms with Crippen molar-refractivity contribution in [3.05, 3.63) is 29.8 Å². The summed E-state index contributed by atoms with van der Waals surface area (Å²) < 4.78 is 0. The molecule has 0 aromatic heterocycles. The van der Waals surface area contributed by atoms with Crippen molar-refractivity contribution in [1.82, 2.24) is 4.90 Å². The quantitative estimate of drug-likeness (QED) is 0.789. The van der Waals surface area contributed by atoms with Gasteiger partial charge in [0.1, 0.15) is 0 Å². The fourth-order valence-electron chi connectivity index (χ4n) is 1.73. The molecule has 1 heterocycles. The molecule has 0 bridgehead atoms. The average Bonchev–Trinajstić information content (AvgIpc) is 2.33. The molecule has 3 nitrogen and oxygen atoms in total. The Morgan fingerprint density at radius 1 is 1.25 bits per heavy atom. The Balaban J connectivity index is 1.93. The third-order valence-electron chi connectivity index (χ3n) is 2.70. The van der Waals surface area contributed by atoms with E-state index in [9.17, 15) is 4.79 Å². The van der Waals surface area contributed by atoms with Crippen LogP contribution in [0.15, 0.2) is 24.3 Å². The number of anilines is 1. The lowest BCUT2D eigenvalue weighted by molar-refractivity contribution is -0.130. The largest absolute Gasteiger partial charge is 0.399 e. The zero-order valence-corrected chi connectivity index (χ0v) is 10.0. The normalized spacial score (nSPS) is 16.1. The van der Waals surface area contributed by atoms with Crippen LogP contribution in [0, 0.1) is 0 Å². The number of amides is 1. The van der Waals surface area contributed by atoms with Crippen LogP contribution in [-0.2, 0) is 11.2 Å². The lowest BCUT2D eigenvalue weighted by Crippen LogP contribution is -2.38. The second kappa shape index (κ2) is 5.25. The van der Waals surface area contributed by atoms with Gasteiger partial charge in [0.2, 0.25) is 5.91 Å². The predicted molar refractivity (Wildman–Crippen MR) is 68.5 cm³/mol. The summed E-state index contributed by atoms with van der Waals surface area (Å²) in [5, 5.41) is 0. The molecule has 2 rings (SSSR count). The highest BCUT2D eigenvalue weighted by Gasteiger charge is 2.16. The molecule has 0 atom stereocenters. The van der Waals surface area contributed by atoms with E-state index < -0.39 is 0 Å². The molecule has 1 aromatic rings. The van der Waals surface area contributed by atoms with E-state index >= 15 is 0 Å². The molecule has 0 aliphatic carbocycles. The summed E-state index contributed by atoms with van der Waals surface area (Å²) >= 11 is 1.91. The van der Waals surface area contributed by atoms with Crippen molar-refractivity contribution in [2.24, 2.45) is 0 Å². The third kappa shape index (κ3) is 2.92. The molecule has 1 aliphatic rings. The minimum absolute atomic E-state index is 0.227. The molecule has 1 saturated heterocycles. The van der Waals surface area contributed by atoms with Gasteiger partial charge in [-0.1, -0.05) is 12.1 Å². The second-order valence-corrected chi connectivity index (χ2v) is 5.14. The first-order valence-corrected chi connectivity index (χ1v) is 6.61. The highest BCUT2D eigenvalue weighted by atomic mass is 32.2. The number of nitrogens with two attached hydrogens (primary N) is 1. The second-order valence-electron chi connectivity index (χ2n) is 3.91. The van der Waals surface area contributed by atoms with Gasteiger partial charge in [-0.3, -0.25) is 4.79 Å². The molecule has 1 amide bonds. The van der Waals surface area contributed by atoms with Gasteiger partial charge in [-0.2, -0.15) is 11.8 Å². The van der Waals surface area contributed by atoms with Crippen LogP contribution in [0.25, 0.3) is 0 Å². The first-order chi connectivity index (χ1) is 7.75. The Kier molecular flexibility index (Phi) is 3.72. The molecule has 86 valence electrons. The summed E-state index contributed by atoms with van der Waals surface area (Å²) in [7, 11) is 0. The Morgan fingerprint density at radius 3 is 2.50 bits per heavy atom. The summed E-state index contributed by atoms with van der Waals surface area (Å²) in [4.78, 5) is 13.9.